The molecule has 0 amide bonds. The molecule has 1 rings (SSSR count). The Morgan fingerprint density at radius 1 is 1.09 bits per heavy atom. The topological polar surface area (TPSA) is 75.3 Å². The van der Waals surface area contributed by atoms with Gasteiger partial charge in [0.15, 0.2) is 33.6 Å². The Labute approximate surface area is 146 Å². The molecular formula is C15H30N2O3Si3. The van der Waals surface area contributed by atoms with E-state index in [4.69, 9.17) is 23.8 Å². The zero-order valence-corrected chi connectivity index (χ0v) is 18.8. The second-order valence-corrected chi connectivity index (χ2v) is 12.6. The molecule has 130 valence electrons. The summed E-state index contributed by atoms with van der Waals surface area (Å²) in [5.41, 5.74) is -0.495. The van der Waals surface area contributed by atoms with Crippen LogP contribution in [0, 0.1) is 22.7 Å². The fourth-order valence-corrected chi connectivity index (χ4v) is 7.99. The maximum atomic E-state index is 9.09. The summed E-state index contributed by atoms with van der Waals surface area (Å²) < 4.78 is 19.4. The van der Waals surface area contributed by atoms with E-state index in [9.17, 15) is 0 Å². The van der Waals surface area contributed by atoms with Gasteiger partial charge in [-0.2, -0.15) is 10.5 Å². The Kier molecular flexibility index (Phi) is 8.14. The second-order valence-electron chi connectivity index (χ2n) is 6.64. The highest BCUT2D eigenvalue weighted by Gasteiger charge is 2.58. The first-order valence-corrected chi connectivity index (χ1v) is 15.7. The van der Waals surface area contributed by atoms with Crippen LogP contribution in [0.15, 0.2) is 0 Å². The Morgan fingerprint density at radius 3 is 2.30 bits per heavy atom. The molecule has 1 heterocycles. The Hall–Kier alpha value is -0.489. The molecule has 1 aliphatic heterocycles. The number of unbranched alkanes of at least 4 members (excludes halogenated alkanes) is 1. The quantitative estimate of drug-likeness (QED) is 0.460. The molecule has 0 saturated carbocycles. The molecule has 0 aliphatic carbocycles. The summed E-state index contributed by atoms with van der Waals surface area (Å²) in [6.45, 7) is 8.68. The minimum Gasteiger partial charge on any atom is -0.413 e. The Balaban J connectivity index is 3.22. The molecule has 0 aromatic rings. The van der Waals surface area contributed by atoms with Gasteiger partial charge in [0.2, 0.25) is 0 Å². The first-order chi connectivity index (χ1) is 10.9. The molecule has 1 aliphatic rings. The molecule has 0 radical (unpaired) electrons. The van der Waals surface area contributed by atoms with E-state index in [-0.39, 0.29) is 0 Å². The summed E-state index contributed by atoms with van der Waals surface area (Å²) in [7, 11) is -3.20. The minimum absolute atomic E-state index is 0.453. The van der Waals surface area contributed by atoms with Gasteiger partial charge in [-0.3, -0.25) is 0 Å². The Morgan fingerprint density at radius 2 is 1.74 bits per heavy atom. The van der Waals surface area contributed by atoms with Crippen molar-refractivity contribution in [1.82, 2.24) is 0 Å². The molecule has 0 bridgehead atoms. The maximum Gasteiger partial charge on any atom is 0.190 e. The van der Waals surface area contributed by atoms with Crippen LogP contribution in [-0.4, -0.2) is 39.2 Å². The van der Waals surface area contributed by atoms with E-state index >= 15 is 0 Å². The number of hydrogen-bond donors (Lipinski definition) is 0. The van der Waals surface area contributed by atoms with Crippen molar-refractivity contribution in [3.8, 4) is 12.1 Å². The lowest BCUT2D eigenvalue weighted by molar-refractivity contribution is -0.253. The van der Waals surface area contributed by atoms with Gasteiger partial charge < -0.3 is 13.3 Å². The molecule has 5 nitrogen and oxygen atoms in total. The molecular weight excluding hydrogens is 340 g/mol. The van der Waals surface area contributed by atoms with Gasteiger partial charge in [0.25, 0.3) is 0 Å². The van der Waals surface area contributed by atoms with Crippen molar-refractivity contribution >= 4 is 27.8 Å². The zero-order chi connectivity index (χ0) is 17.4. The van der Waals surface area contributed by atoms with Gasteiger partial charge in [-0.05, 0) is 38.4 Å². The van der Waals surface area contributed by atoms with Crippen LogP contribution in [0.1, 0.15) is 38.5 Å². The fourth-order valence-electron chi connectivity index (χ4n) is 3.53. The first-order valence-electron chi connectivity index (χ1n) is 8.63. The van der Waals surface area contributed by atoms with Crippen molar-refractivity contribution in [3.63, 3.8) is 0 Å². The van der Waals surface area contributed by atoms with Crippen LogP contribution in [0.2, 0.25) is 32.2 Å². The van der Waals surface area contributed by atoms with E-state index in [1.54, 1.807) is 0 Å². The van der Waals surface area contributed by atoms with Gasteiger partial charge in [-0.15, -0.1) is 0 Å². The Bertz CT molecular complexity index is 464. The van der Waals surface area contributed by atoms with Gasteiger partial charge in [0.1, 0.15) is 5.60 Å². The summed E-state index contributed by atoms with van der Waals surface area (Å²) in [5.74, 6) is -0.737. The molecule has 8 heteroatoms. The van der Waals surface area contributed by atoms with Crippen LogP contribution in [0.3, 0.4) is 0 Å². The van der Waals surface area contributed by atoms with Gasteiger partial charge in [0.05, 0.1) is 12.1 Å². The number of hydrogen-bond acceptors (Lipinski definition) is 5. The van der Waals surface area contributed by atoms with Crippen molar-refractivity contribution in [1.29, 1.82) is 10.5 Å². The van der Waals surface area contributed by atoms with Crippen molar-refractivity contribution in [2.75, 3.05) is 0 Å². The lowest BCUT2D eigenvalue weighted by Gasteiger charge is -2.57. The lowest BCUT2D eigenvalue weighted by atomic mass is 9.82. The van der Waals surface area contributed by atoms with Gasteiger partial charge in [0, 0.05) is 19.3 Å². The molecule has 2 atom stereocenters. The van der Waals surface area contributed by atoms with Gasteiger partial charge in [-0.25, -0.2) is 0 Å². The third-order valence-corrected chi connectivity index (χ3v) is 8.43. The van der Waals surface area contributed by atoms with Gasteiger partial charge >= 0.3 is 0 Å². The molecule has 0 aromatic heterocycles. The van der Waals surface area contributed by atoms with Crippen molar-refractivity contribution in [2.45, 2.75) is 82.1 Å². The van der Waals surface area contributed by atoms with Crippen molar-refractivity contribution < 1.29 is 13.3 Å². The first kappa shape index (κ1) is 20.6. The predicted molar refractivity (Wildman–Crippen MR) is 98.8 cm³/mol. The summed E-state index contributed by atoms with van der Waals surface area (Å²) in [6, 6.07) is 5.51. The van der Waals surface area contributed by atoms with E-state index < -0.39 is 39.2 Å². The molecule has 0 spiro atoms. The second kappa shape index (κ2) is 9.11. The SMILES string of the molecule is C[SiH2]OC1(CCC#N)CC[Si](C)(C)OC1(CCCC#N)O[SiH2]C. The summed E-state index contributed by atoms with van der Waals surface area (Å²) >= 11 is 0. The van der Waals surface area contributed by atoms with Crippen molar-refractivity contribution in [3.05, 3.63) is 0 Å². The monoisotopic (exact) mass is 370 g/mol. The zero-order valence-electron chi connectivity index (χ0n) is 15.0. The number of nitriles is 2. The normalized spacial score (nSPS) is 30.7. The number of nitrogens with zero attached hydrogens (tertiary/aromatic N) is 2. The van der Waals surface area contributed by atoms with E-state index in [0.717, 1.165) is 18.9 Å². The molecule has 0 N–H and O–H groups in total. The third kappa shape index (κ3) is 4.99. The van der Waals surface area contributed by atoms with E-state index in [1.807, 2.05) is 0 Å². The lowest BCUT2D eigenvalue weighted by Crippen LogP contribution is -2.67. The average molecular weight is 371 g/mol. The smallest absolute Gasteiger partial charge is 0.190 e. The minimum atomic E-state index is -1.81. The standard InChI is InChI=1S/C15H30N2O3Si3/c1-21-18-14(8-7-12-17)10-13-23(3,4)20-15(14,19-22-2)9-5-6-11-16/h5-10,13,21-22H2,1-4H3. The van der Waals surface area contributed by atoms with E-state index in [0.29, 0.717) is 25.7 Å². The summed E-state index contributed by atoms with van der Waals surface area (Å²) in [4.78, 5) is 0. The van der Waals surface area contributed by atoms with E-state index in [1.165, 1.54) is 0 Å². The largest absolute Gasteiger partial charge is 0.413 e. The molecule has 2 unspecified atom stereocenters. The van der Waals surface area contributed by atoms with Crippen LogP contribution >= 0.6 is 0 Å². The third-order valence-electron chi connectivity index (χ3n) is 4.50. The highest BCUT2D eigenvalue weighted by Crippen LogP contribution is 2.49. The van der Waals surface area contributed by atoms with Crippen molar-refractivity contribution in [2.24, 2.45) is 0 Å². The summed E-state index contributed by atoms with van der Waals surface area (Å²) in [6.07, 6.45) is 3.97. The number of rotatable bonds is 9. The van der Waals surface area contributed by atoms with Crippen LogP contribution in [0.4, 0.5) is 0 Å². The molecule has 1 saturated heterocycles. The maximum absolute atomic E-state index is 9.09. The van der Waals surface area contributed by atoms with Gasteiger partial charge in [-0.1, -0.05) is 13.1 Å². The highest BCUT2D eigenvalue weighted by atomic mass is 28.4. The molecule has 1 fully saturated rings. The average Bonchev–Trinajstić information content (AvgIpc) is 2.49. The van der Waals surface area contributed by atoms with Crippen LogP contribution in [-0.2, 0) is 13.3 Å². The predicted octanol–water partition coefficient (Wildman–Crippen LogP) is 2.34. The van der Waals surface area contributed by atoms with Crippen LogP contribution in [0.5, 0.6) is 0 Å². The van der Waals surface area contributed by atoms with Crippen LogP contribution in [0.25, 0.3) is 0 Å². The molecule has 23 heavy (non-hydrogen) atoms. The highest BCUT2D eigenvalue weighted by molar-refractivity contribution is 6.71. The van der Waals surface area contributed by atoms with Crippen LogP contribution < -0.4 is 0 Å². The van der Waals surface area contributed by atoms with E-state index in [2.05, 4.69) is 38.3 Å². The summed E-state index contributed by atoms with van der Waals surface area (Å²) in [5, 5.41) is 18.0. The fraction of sp³-hybridized carbons (Fsp3) is 0.867. The molecule has 0 aromatic carbocycles.